The van der Waals surface area contributed by atoms with Gasteiger partial charge in [0.2, 0.25) is 0 Å². The quantitative estimate of drug-likeness (QED) is 0.853. The molecular weight excluding hydrogens is 284 g/mol. The van der Waals surface area contributed by atoms with Crippen molar-refractivity contribution in [1.29, 1.82) is 0 Å². The Balaban J connectivity index is 2.17. The normalized spacial score (nSPS) is 26.0. The molecule has 0 bridgehead atoms. The first kappa shape index (κ1) is 16.4. The van der Waals surface area contributed by atoms with Crippen molar-refractivity contribution in [1.82, 2.24) is 0 Å². The van der Waals surface area contributed by atoms with Crippen molar-refractivity contribution in [3.8, 4) is 0 Å². The van der Waals surface area contributed by atoms with Gasteiger partial charge >= 0.3 is 5.97 Å². The van der Waals surface area contributed by atoms with Crippen molar-refractivity contribution in [2.75, 3.05) is 0 Å². The maximum Gasteiger partial charge on any atom is 0.306 e. The Morgan fingerprint density at radius 2 is 2.10 bits per heavy atom. The summed E-state index contributed by atoms with van der Waals surface area (Å²) in [5, 5.41) is 10.3. The molecular formula is C18H25ClO2. The summed E-state index contributed by atoms with van der Waals surface area (Å²) >= 11 is 6.33. The molecule has 1 saturated carbocycles. The second-order valence-corrected chi connectivity index (χ2v) is 7.23. The number of carbonyl (C=O) groups is 1. The molecule has 1 N–H and O–H groups in total. The number of hydrogen-bond acceptors (Lipinski definition) is 1. The van der Waals surface area contributed by atoms with Crippen LogP contribution in [0.25, 0.3) is 0 Å². The molecule has 2 nitrogen and oxygen atoms in total. The van der Waals surface area contributed by atoms with Gasteiger partial charge in [0.25, 0.3) is 0 Å². The molecule has 0 heterocycles. The van der Waals surface area contributed by atoms with Gasteiger partial charge in [-0.05, 0) is 67.6 Å². The van der Waals surface area contributed by atoms with Crippen LogP contribution < -0.4 is 0 Å². The number of benzene rings is 1. The highest BCUT2D eigenvalue weighted by Crippen LogP contribution is 2.40. The summed E-state index contributed by atoms with van der Waals surface area (Å²) in [4.78, 5) is 11.5. The Labute approximate surface area is 132 Å². The summed E-state index contributed by atoms with van der Waals surface area (Å²) < 4.78 is 0. The summed E-state index contributed by atoms with van der Waals surface area (Å²) in [6.45, 7) is 6.49. The van der Waals surface area contributed by atoms with Crippen LogP contribution in [0.5, 0.6) is 0 Å². The van der Waals surface area contributed by atoms with E-state index in [0.29, 0.717) is 11.8 Å². The fraction of sp³-hybridized carbons (Fsp3) is 0.611. The monoisotopic (exact) mass is 308 g/mol. The van der Waals surface area contributed by atoms with Crippen molar-refractivity contribution >= 4 is 17.6 Å². The van der Waals surface area contributed by atoms with E-state index in [4.69, 9.17) is 11.6 Å². The molecule has 3 heteroatoms. The van der Waals surface area contributed by atoms with E-state index in [-0.39, 0.29) is 11.8 Å². The van der Waals surface area contributed by atoms with E-state index in [2.05, 4.69) is 26.0 Å². The Morgan fingerprint density at radius 3 is 2.67 bits per heavy atom. The van der Waals surface area contributed by atoms with Gasteiger partial charge in [0.1, 0.15) is 0 Å². The van der Waals surface area contributed by atoms with Gasteiger partial charge in [0.05, 0.1) is 5.92 Å². The number of aliphatic carboxylic acids is 1. The van der Waals surface area contributed by atoms with Gasteiger partial charge in [-0.2, -0.15) is 0 Å². The Morgan fingerprint density at radius 1 is 1.38 bits per heavy atom. The first-order valence-corrected chi connectivity index (χ1v) is 8.24. The summed E-state index contributed by atoms with van der Waals surface area (Å²) in [5.74, 6) is 0.581. The van der Waals surface area contributed by atoms with E-state index in [1.54, 1.807) is 0 Å². The van der Waals surface area contributed by atoms with Gasteiger partial charge < -0.3 is 5.11 Å². The van der Waals surface area contributed by atoms with Crippen LogP contribution in [-0.2, 0) is 11.2 Å². The maximum atomic E-state index is 11.5. The van der Waals surface area contributed by atoms with Crippen LogP contribution in [0.4, 0.5) is 0 Å². The van der Waals surface area contributed by atoms with E-state index >= 15 is 0 Å². The molecule has 0 aliphatic heterocycles. The Kier molecular flexibility index (Phi) is 5.32. The summed E-state index contributed by atoms with van der Waals surface area (Å²) in [6, 6.07) is 6.07. The van der Waals surface area contributed by atoms with Crippen LogP contribution in [0, 0.1) is 30.6 Å². The van der Waals surface area contributed by atoms with Crippen LogP contribution in [0.3, 0.4) is 0 Å². The summed E-state index contributed by atoms with van der Waals surface area (Å²) in [5.41, 5.74) is 2.23. The molecule has 3 unspecified atom stereocenters. The number of rotatable bonds is 4. The minimum atomic E-state index is -0.648. The van der Waals surface area contributed by atoms with Crippen molar-refractivity contribution in [3.63, 3.8) is 0 Å². The topological polar surface area (TPSA) is 37.3 Å². The lowest BCUT2D eigenvalue weighted by molar-refractivity contribution is -0.145. The zero-order valence-corrected chi connectivity index (χ0v) is 13.9. The molecule has 1 aromatic carbocycles. The lowest BCUT2D eigenvalue weighted by Gasteiger charge is -2.36. The third kappa shape index (κ3) is 4.00. The van der Waals surface area contributed by atoms with Crippen LogP contribution in [-0.4, -0.2) is 11.1 Å². The second kappa shape index (κ2) is 6.83. The molecule has 0 radical (unpaired) electrons. The molecule has 0 spiro atoms. The van der Waals surface area contributed by atoms with Crippen LogP contribution >= 0.6 is 11.6 Å². The minimum Gasteiger partial charge on any atom is -0.481 e. The van der Waals surface area contributed by atoms with E-state index < -0.39 is 5.97 Å². The zero-order chi connectivity index (χ0) is 15.6. The molecule has 0 aromatic heterocycles. The van der Waals surface area contributed by atoms with Crippen molar-refractivity contribution in [2.45, 2.75) is 46.5 Å². The Hall–Kier alpha value is -1.02. The van der Waals surface area contributed by atoms with E-state index in [1.807, 2.05) is 13.0 Å². The predicted octanol–water partition coefficient (Wildman–Crippen LogP) is 4.96. The number of hydrogen-bond donors (Lipinski definition) is 1. The SMILES string of the molecule is Cc1ccc(CC2CC(C(C)C)CCC2C(=O)O)c(Cl)c1. The Bertz CT molecular complexity index is 510. The van der Waals surface area contributed by atoms with Crippen LogP contribution in [0.1, 0.15) is 44.2 Å². The zero-order valence-electron chi connectivity index (χ0n) is 13.1. The van der Waals surface area contributed by atoms with E-state index in [1.165, 1.54) is 0 Å². The highest BCUT2D eigenvalue weighted by atomic mass is 35.5. The highest BCUT2D eigenvalue weighted by Gasteiger charge is 2.36. The van der Waals surface area contributed by atoms with Gasteiger partial charge in [-0.3, -0.25) is 4.79 Å². The first-order chi connectivity index (χ1) is 9.88. The number of carboxylic acid groups (broad SMARTS) is 1. The molecule has 116 valence electrons. The lowest BCUT2D eigenvalue weighted by atomic mass is 9.69. The number of aryl methyl sites for hydroxylation is 1. The molecule has 0 saturated heterocycles. The van der Waals surface area contributed by atoms with Crippen molar-refractivity contribution in [3.05, 3.63) is 34.3 Å². The molecule has 1 fully saturated rings. The van der Waals surface area contributed by atoms with Crippen LogP contribution in [0.15, 0.2) is 18.2 Å². The molecule has 1 aliphatic rings. The molecule has 21 heavy (non-hydrogen) atoms. The minimum absolute atomic E-state index is 0.198. The number of carboxylic acids is 1. The first-order valence-electron chi connectivity index (χ1n) is 7.86. The second-order valence-electron chi connectivity index (χ2n) is 6.82. The van der Waals surface area contributed by atoms with Gasteiger partial charge in [-0.15, -0.1) is 0 Å². The fourth-order valence-electron chi connectivity index (χ4n) is 3.56. The third-order valence-corrected chi connectivity index (χ3v) is 5.33. The summed E-state index contributed by atoms with van der Waals surface area (Å²) in [7, 11) is 0. The summed E-state index contributed by atoms with van der Waals surface area (Å²) in [6.07, 6.45) is 3.61. The van der Waals surface area contributed by atoms with E-state index in [0.717, 1.165) is 41.8 Å². The van der Waals surface area contributed by atoms with Gasteiger partial charge in [-0.25, -0.2) is 0 Å². The molecule has 2 rings (SSSR count). The molecule has 3 atom stereocenters. The van der Waals surface area contributed by atoms with Crippen molar-refractivity contribution in [2.24, 2.45) is 23.7 Å². The largest absolute Gasteiger partial charge is 0.481 e. The van der Waals surface area contributed by atoms with Crippen LogP contribution in [0.2, 0.25) is 5.02 Å². The smallest absolute Gasteiger partial charge is 0.306 e. The number of halogens is 1. The lowest BCUT2D eigenvalue weighted by Crippen LogP contribution is -2.33. The van der Waals surface area contributed by atoms with E-state index in [9.17, 15) is 9.90 Å². The highest BCUT2D eigenvalue weighted by molar-refractivity contribution is 6.31. The maximum absolute atomic E-state index is 11.5. The molecule has 0 amide bonds. The average Bonchev–Trinajstić information content (AvgIpc) is 2.41. The predicted molar refractivity (Wildman–Crippen MR) is 86.7 cm³/mol. The molecule has 1 aromatic rings. The average molecular weight is 309 g/mol. The van der Waals surface area contributed by atoms with Gasteiger partial charge in [0.15, 0.2) is 0 Å². The fourth-order valence-corrected chi connectivity index (χ4v) is 3.87. The van der Waals surface area contributed by atoms with Gasteiger partial charge in [0, 0.05) is 5.02 Å². The standard InChI is InChI=1S/C18H25ClO2/c1-11(2)13-6-7-16(18(20)21)15(9-13)10-14-5-4-12(3)8-17(14)19/h4-5,8,11,13,15-16H,6-7,9-10H2,1-3H3,(H,20,21). The van der Waals surface area contributed by atoms with Crippen molar-refractivity contribution < 1.29 is 9.90 Å². The molecule has 1 aliphatic carbocycles. The van der Waals surface area contributed by atoms with Gasteiger partial charge in [-0.1, -0.05) is 37.6 Å². The third-order valence-electron chi connectivity index (χ3n) is 4.97.